The Hall–Kier alpha value is -1.20. The standard InChI is InChI=1S/C15H27N5/c1-12(16)8-14-9-17-15(18-10-14)20-6-4-13(5-7-20)11-19(2)3/h9-10,12-13H,4-8,11,16H2,1-3H3. The second kappa shape index (κ2) is 6.99. The largest absolute Gasteiger partial charge is 0.341 e. The monoisotopic (exact) mass is 277 g/mol. The van der Waals surface area contributed by atoms with Crippen molar-refractivity contribution in [3.8, 4) is 0 Å². The molecule has 1 aliphatic heterocycles. The van der Waals surface area contributed by atoms with Crippen LogP contribution in [0.2, 0.25) is 0 Å². The minimum atomic E-state index is 0.159. The van der Waals surface area contributed by atoms with Gasteiger partial charge in [-0.1, -0.05) is 0 Å². The first-order chi connectivity index (χ1) is 9.54. The Morgan fingerprint density at radius 1 is 1.30 bits per heavy atom. The van der Waals surface area contributed by atoms with E-state index < -0.39 is 0 Å². The van der Waals surface area contributed by atoms with Crippen LogP contribution in [0.5, 0.6) is 0 Å². The van der Waals surface area contributed by atoms with E-state index >= 15 is 0 Å². The molecule has 112 valence electrons. The zero-order valence-electron chi connectivity index (χ0n) is 12.9. The van der Waals surface area contributed by atoms with Crippen molar-refractivity contribution < 1.29 is 0 Å². The van der Waals surface area contributed by atoms with E-state index in [4.69, 9.17) is 5.73 Å². The minimum absolute atomic E-state index is 0.159. The molecule has 2 N–H and O–H groups in total. The van der Waals surface area contributed by atoms with Gasteiger partial charge in [-0.25, -0.2) is 9.97 Å². The average Bonchev–Trinajstić information content (AvgIpc) is 2.39. The van der Waals surface area contributed by atoms with Crippen LogP contribution in [-0.2, 0) is 6.42 Å². The van der Waals surface area contributed by atoms with Gasteiger partial charge in [-0.2, -0.15) is 0 Å². The molecule has 0 aromatic carbocycles. The summed E-state index contributed by atoms with van der Waals surface area (Å²) >= 11 is 0. The molecule has 1 atom stereocenters. The van der Waals surface area contributed by atoms with Crippen LogP contribution in [0, 0.1) is 5.92 Å². The van der Waals surface area contributed by atoms with Crippen molar-refractivity contribution in [3.05, 3.63) is 18.0 Å². The third-order valence-electron chi connectivity index (χ3n) is 3.77. The summed E-state index contributed by atoms with van der Waals surface area (Å²) in [5, 5.41) is 0. The van der Waals surface area contributed by atoms with Crippen LogP contribution in [0.1, 0.15) is 25.3 Å². The highest BCUT2D eigenvalue weighted by atomic mass is 15.2. The van der Waals surface area contributed by atoms with E-state index in [9.17, 15) is 0 Å². The van der Waals surface area contributed by atoms with Crippen LogP contribution >= 0.6 is 0 Å². The summed E-state index contributed by atoms with van der Waals surface area (Å²) in [7, 11) is 4.29. The molecular weight excluding hydrogens is 250 g/mol. The van der Waals surface area contributed by atoms with Crippen molar-refractivity contribution in [2.24, 2.45) is 11.7 Å². The second-order valence-corrected chi connectivity index (χ2v) is 6.27. The van der Waals surface area contributed by atoms with Gasteiger partial charge in [0.2, 0.25) is 5.95 Å². The van der Waals surface area contributed by atoms with Gasteiger partial charge in [0.15, 0.2) is 0 Å². The number of aromatic nitrogens is 2. The van der Waals surface area contributed by atoms with Gasteiger partial charge < -0.3 is 15.5 Å². The van der Waals surface area contributed by atoms with E-state index in [1.54, 1.807) is 0 Å². The normalized spacial score (nSPS) is 18.6. The lowest BCUT2D eigenvalue weighted by molar-refractivity contribution is 0.284. The molecule has 5 heteroatoms. The van der Waals surface area contributed by atoms with Gasteiger partial charge in [0.25, 0.3) is 0 Å². The second-order valence-electron chi connectivity index (χ2n) is 6.27. The van der Waals surface area contributed by atoms with Crippen LogP contribution in [0.4, 0.5) is 5.95 Å². The SMILES string of the molecule is CC(N)Cc1cnc(N2CCC(CN(C)C)CC2)nc1. The van der Waals surface area contributed by atoms with Gasteiger partial charge in [0, 0.05) is 38.1 Å². The van der Waals surface area contributed by atoms with Crippen molar-refractivity contribution in [1.29, 1.82) is 0 Å². The summed E-state index contributed by atoms with van der Waals surface area (Å²) in [4.78, 5) is 13.6. The maximum atomic E-state index is 5.79. The first-order valence-electron chi connectivity index (χ1n) is 7.50. The van der Waals surface area contributed by atoms with Crippen molar-refractivity contribution in [1.82, 2.24) is 14.9 Å². The Kier molecular flexibility index (Phi) is 5.31. The van der Waals surface area contributed by atoms with Crippen LogP contribution in [0.15, 0.2) is 12.4 Å². The minimum Gasteiger partial charge on any atom is -0.341 e. The molecule has 0 saturated carbocycles. The summed E-state index contributed by atoms with van der Waals surface area (Å²) in [5.41, 5.74) is 6.91. The van der Waals surface area contributed by atoms with Gasteiger partial charge in [-0.15, -0.1) is 0 Å². The molecule has 2 rings (SSSR count). The maximum Gasteiger partial charge on any atom is 0.225 e. The van der Waals surface area contributed by atoms with E-state index in [1.165, 1.54) is 19.4 Å². The highest BCUT2D eigenvalue weighted by Crippen LogP contribution is 2.20. The molecule has 1 fully saturated rings. The Balaban J connectivity index is 1.87. The molecule has 0 aliphatic carbocycles. The molecule has 20 heavy (non-hydrogen) atoms. The average molecular weight is 277 g/mol. The molecule has 1 aromatic rings. The summed E-state index contributed by atoms with van der Waals surface area (Å²) in [6.07, 6.45) is 7.12. The number of hydrogen-bond donors (Lipinski definition) is 1. The summed E-state index contributed by atoms with van der Waals surface area (Å²) in [6, 6.07) is 0.159. The highest BCUT2D eigenvalue weighted by molar-refractivity contribution is 5.30. The summed E-state index contributed by atoms with van der Waals surface area (Å²) in [5.74, 6) is 1.67. The third kappa shape index (κ3) is 4.42. The first-order valence-corrected chi connectivity index (χ1v) is 7.50. The number of rotatable bonds is 5. The molecule has 1 saturated heterocycles. The summed E-state index contributed by atoms with van der Waals surface area (Å²) < 4.78 is 0. The zero-order valence-corrected chi connectivity index (χ0v) is 12.9. The topological polar surface area (TPSA) is 58.3 Å². The Morgan fingerprint density at radius 2 is 1.90 bits per heavy atom. The number of piperidine rings is 1. The fraction of sp³-hybridized carbons (Fsp3) is 0.733. The molecule has 0 amide bonds. The van der Waals surface area contributed by atoms with E-state index in [1.807, 2.05) is 19.3 Å². The molecule has 1 aliphatic rings. The van der Waals surface area contributed by atoms with Crippen LogP contribution in [0.25, 0.3) is 0 Å². The molecule has 1 aromatic heterocycles. The fourth-order valence-electron chi connectivity index (χ4n) is 2.82. The van der Waals surface area contributed by atoms with Crippen molar-refractivity contribution in [2.45, 2.75) is 32.2 Å². The molecule has 5 nitrogen and oxygen atoms in total. The lowest BCUT2D eigenvalue weighted by Gasteiger charge is -2.33. The Labute approximate surface area is 122 Å². The zero-order chi connectivity index (χ0) is 14.5. The third-order valence-corrected chi connectivity index (χ3v) is 3.77. The van der Waals surface area contributed by atoms with Crippen LogP contribution < -0.4 is 10.6 Å². The predicted molar refractivity (Wildman–Crippen MR) is 82.9 cm³/mol. The highest BCUT2D eigenvalue weighted by Gasteiger charge is 2.21. The van der Waals surface area contributed by atoms with E-state index in [2.05, 4.69) is 33.9 Å². The quantitative estimate of drug-likeness (QED) is 0.875. The molecule has 0 spiro atoms. The van der Waals surface area contributed by atoms with Gasteiger partial charge in [-0.05, 0) is 51.8 Å². The van der Waals surface area contributed by atoms with E-state index in [0.29, 0.717) is 0 Å². The Bertz CT molecular complexity index is 393. The summed E-state index contributed by atoms with van der Waals surface area (Å²) in [6.45, 7) is 5.31. The van der Waals surface area contributed by atoms with Crippen molar-refractivity contribution in [3.63, 3.8) is 0 Å². The molecule has 1 unspecified atom stereocenters. The van der Waals surface area contributed by atoms with Gasteiger partial charge in [0.05, 0.1) is 0 Å². The predicted octanol–water partition coefficient (Wildman–Crippen LogP) is 1.14. The van der Waals surface area contributed by atoms with Crippen molar-refractivity contribution in [2.75, 3.05) is 38.6 Å². The van der Waals surface area contributed by atoms with Crippen LogP contribution in [-0.4, -0.2) is 54.6 Å². The van der Waals surface area contributed by atoms with Crippen molar-refractivity contribution >= 4 is 5.95 Å². The van der Waals surface area contributed by atoms with Gasteiger partial charge in [0.1, 0.15) is 0 Å². The number of hydrogen-bond acceptors (Lipinski definition) is 5. The van der Waals surface area contributed by atoms with Gasteiger partial charge >= 0.3 is 0 Å². The molecular formula is C15H27N5. The molecule has 0 radical (unpaired) electrons. The van der Waals surface area contributed by atoms with E-state index in [0.717, 1.165) is 36.9 Å². The number of nitrogens with two attached hydrogens (primary N) is 1. The lowest BCUT2D eigenvalue weighted by Crippen LogP contribution is -2.38. The Morgan fingerprint density at radius 3 is 2.40 bits per heavy atom. The number of anilines is 1. The first kappa shape index (κ1) is 15.2. The fourth-order valence-corrected chi connectivity index (χ4v) is 2.82. The van der Waals surface area contributed by atoms with Crippen LogP contribution in [0.3, 0.4) is 0 Å². The molecule has 2 heterocycles. The molecule has 0 bridgehead atoms. The lowest BCUT2D eigenvalue weighted by atomic mass is 9.97. The van der Waals surface area contributed by atoms with Gasteiger partial charge in [-0.3, -0.25) is 0 Å². The smallest absolute Gasteiger partial charge is 0.225 e. The van der Waals surface area contributed by atoms with E-state index in [-0.39, 0.29) is 6.04 Å². The maximum absolute atomic E-state index is 5.79. The number of nitrogens with zero attached hydrogens (tertiary/aromatic N) is 4.